The topological polar surface area (TPSA) is 80.5 Å². The molecule has 0 saturated heterocycles. The highest BCUT2D eigenvalue weighted by atomic mass is 32.2. The van der Waals surface area contributed by atoms with Crippen LogP contribution in [-0.2, 0) is 0 Å². The molecule has 0 bridgehead atoms. The zero-order chi connectivity index (χ0) is 7.40. The molecule has 0 radical (unpaired) electrons. The normalized spacial score (nSPS) is 13.4. The molecule has 0 aliphatic carbocycles. The summed E-state index contributed by atoms with van der Waals surface area (Å²) in [5.41, 5.74) is 5.50. The van der Waals surface area contributed by atoms with Crippen molar-refractivity contribution in [3.8, 4) is 0 Å². The van der Waals surface area contributed by atoms with Crippen molar-refractivity contribution in [2.75, 3.05) is 5.75 Å². The number of nitrogens with two attached hydrogens (primary N) is 1. The van der Waals surface area contributed by atoms with Crippen molar-refractivity contribution < 1.29 is 0 Å². The summed E-state index contributed by atoms with van der Waals surface area (Å²) in [6, 6.07) is 0.170. The van der Waals surface area contributed by atoms with Gasteiger partial charge in [-0.2, -0.15) is 5.21 Å². The van der Waals surface area contributed by atoms with Crippen molar-refractivity contribution in [1.82, 2.24) is 20.6 Å². The fraction of sp³-hybridized carbons (Fsp3) is 0.750. The molecule has 56 valence electrons. The maximum atomic E-state index is 5.50. The summed E-state index contributed by atoms with van der Waals surface area (Å²) in [4.78, 5) is 0. The van der Waals surface area contributed by atoms with Crippen LogP contribution < -0.4 is 5.73 Å². The molecule has 1 atom stereocenters. The van der Waals surface area contributed by atoms with E-state index in [1.54, 1.807) is 0 Å². The minimum Gasteiger partial charge on any atom is -0.327 e. The van der Waals surface area contributed by atoms with Crippen molar-refractivity contribution >= 4 is 11.8 Å². The predicted molar refractivity (Wildman–Crippen MR) is 38.6 cm³/mol. The Hall–Kier alpha value is -0.620. The molecule has 3 N–H and O–H groups in total. The lowest BCUT2D eigenvalue weighted by Gasteiger charge is -1.98. The Balaban J connectivity index is 2.28. The molecular formula is C4H9N5S. The van der Waals surface area contributed by atoms with Crippen LogP contribution in [0.15, 0.2) is 5.16 Å². The second-order valence-corrected chi connectivity index (χ2v) is 2.97. The standard InChI is InChI=1S/C4H9N5S/c1-3(5)2-10-4-6-8-9-7-4/h3H,2,5H2,1H3,(H,6,7,8,9)/t3-/m0/s1. The lowest BCUT2D eigenvalue weighted by atomic mass is 10.4. The molecule has 1 rings (SSSR count). The fourth-order valence-electron chi connectivity index (χ4n) is 0.420. The predicted octanol–water partition coefficient (Wildman–Crippen LogP) is -0.361. The number of nitrogens with zero attached hydrogens (tertiary/aromatic N) is 3. The van der Waals surface area contributed by atoms with Crippen LogP contribution in [0.1, 0.15) is 6.92 Å². The Morgan fingerprint density at radius 1 is 1.80 bits per heavy atom. The Labute approximate surface area is 62.8 Å². The molecule has 0 saturated carbocycles. The highest BCUT2D eigenvalue weighted by molar-refractivity contribution is 7.99. The Bertz CT molecular complexity index is 172. The van der Waals surface area contributed by atoms with Gasteiger partial charge in [0.25, 0.3) is 0 Å². The van der Waals surface area contributed by atoms with Crippen LogP contribution in [0, 0.1) is 0 Å². The van der Waals surface area contributed by atoms with Crippen LogP contribution in [0.5, 0.6) is 0 Å². The van der Waals surface area contributed by atoms with E-state index in [-0.39, 0.29) is 6.04 Å². The molecule has 1 aromatic rings. The minimum absolute atomic E-state index is 0.170. The molecule has 0 aliphatic rings. The average Bonchev–Trinajstić information content (AvgIpc) is 2.34. The van der Waals surface area contributed by atoms with Crippen molar-refractivity contribution in [1.29, 1.82) is 0 Å². The third kappa shape index (κ3) is 2.32. The molecule has 0 unspecified atom stereocenters. The quantitative estimate of drug-likeness (QED) is 0.589. The van der Waals surface area contributed by atoms with Gasteiger partial charge >= 0.3 is 0 Å². The first-order chi connectivity index (χ1) is 4.79. The van der Waals surface area contributed by atoms with E-state index in [0.717, 1.165) is 5.75 Å². The first-order valence-electron chi connectivity index (χ1n) is 2.91. The number of H-pyrrole nitrogens is 1. The van der Waals surface area contributed by atoms with Gasteiger partial charge in [0.15, 0.2) is 0 Å². The van der Waals surface area contributed by atoms with Crippen molar-refractivity contribution in [2.45, 2.75) is 18.1 Å². The number of nitrogens with one attached hydrogen (secondary N) is 1. The maximum absolute atomic E-state index is 5.50. The Morgan fingerprint density at radius 2 is 2.60 bits per heavy atom. The van der Waals surface area contributed by atoms with Crippen molar-refractivity contribution in [3.63, 3.8) is 0 Å². The number of aromatic amines is 1. The first-order valence-corrected chi connectivity index (χ1v) is 3.89. The minimum atomic E-state index is 0.170. The molecule has 10 heavy (non-hydrogen) atoms. The zero-order valence-electron chi connectivity index (χ0n) is 5.61. The smallest absolute Gasteiger partial charge is 0.231 e. The maximum Gasteiger partial charge on any atom is 0.231 e. The zero-order valence-corrected chi connectivity index (χ0v) is 6.43. The van der Waals surface area contributed by atoms with E-state index in [4.69, 9.17) is 5.73 Å². The van der Waals surface area contributed by atoms with Crippen LogP contribution in [0.25, 0.3) is 0 Å². The van der Waals surface area contributed by atoms with Crippen molar-refractivity contribution in [2.24, 2.45) is 5.73 Å². The van der Waals surface area contributed by atoms with Crippen molar-refractivity contribution in [3.05, 3.63) is 0 Å². The molecule has 0 spiro atoms. The van der Waals surface area contributed by atoms with E-state index in [1.165, 1.54) is 11.8 Å². The number of aromatic nitrogens is 4. The molecule has 0 aromatic carbocycles. The molecule has 1 heterocycles. The van der Waals surface area contributed by atoms with Crippen LogP contribution in [0.3, 0.4) is 0 Å². The lowest BCUT2D eigenvalue weighted by Crippen LogP contribution is -2.17. The van der Waals surface area contributed by atoms with Gasteiger partial charge in [0, 0.05) is 11.8 Å². The first kappa shape index (κ1) is 7.49. The molecule has 0 amide bonds. The highest BCUT2D eigenvalue weighted by Crippen LogP contribution is 2.09. The van der Waals surface area contributed by atoms with Gasteiger partial charge in [0.2, 0.25) is 5.16 Å². The summed E-state index contributed by atoms with van der Waals surface area (Å²) < 4.78 is 0. The molecule has 0 aliphatic heterocycles. The van der Waals surface area contributed by atoms with Gasteiger partial charge in [-0.25, -0.2) is 0 Å². The third-order valence-corrected chi connectivity index (χ3v) is 1.92. The molecule has 6 heteroatoms. The van der Waals surface area contributed by atoms with Gasteiger partial charge in [0.1, 0.15) is 0 Å². The summed E-state index contributed by atoms with van der Waals surface area (Å²) in [6.45, 7) is 1.94. The second kappa shape index (κ2) is 3.52. The molecule has 0 fully saturated rings. The van der Waals surface area contributed by atoms with E-state index in [9.17, 15) is 0 Å². The van der Waals surface area contributed by atoms with Crippen LogP contribution in [0.2, 0.25) is 0 Å². The average molecular weight is 159 g/mol. The van der Waals surface area contributed by atoms with E-state index in [1.807, 2.05) is 6.92 Å². The lowest BCUT2D eigenvalue weighted by molar-refractivity contribution is 0.842. The fourth-order valence-corrected chi connectivity index (χ4v) is 1.04. The van der Waals surface area contributed by atoms with Crippen LogP contribution in [0.4, 0.5) is 0 Å². The van der Waals surface area contributed by atoms with E-state index in [0.29, 0.717) is 5.16 Å². The number of rotatable bonds is 3. The molecule has 5 nitrogen and oxygen atoms in total. The van der Waals surface area contributed by atoms with Gasteiger partial charge in [-0.3, -0.25) is 0 Å². The SMILES string of the molecule is C[C@H](N)CSc1nn[nH]n1. The number of hydrogen-bond donors (Lipinski definition) is 2. The molecule has 1 aromatic heterocycles. The van der Waals surface area contributed by atoms with Gasteiger partial charge in [-0.15, -0.1) is 10.2 Å². The summed E-state index contributed by atoms with van der Waals surface area (Å²) in [6.07, 6.45) is 0. The summed E-state index contributed by atoms with van der Waals surface area (Å²) >= 11 is 1.49. The molecular weight excluding hydrogens is 150 g/mol. The Kier molecular flexibility index (Phi) is 2.64. The van der Waals surface area contributed by atoms with Gasteiger partial charge < -0.3 is 5.73 Å². The van der Waals surface area contributed by atoms with Gasteiger partial charge in [-0.05, 0) is 12.1 Å². The van der Waals surface area contributed by atoms with Crippen LogP contribution >= 0.6 is 11.8 Å². The summed E-state index contributed by atoms with van der Waals surface area (Å²) in [5, 5.41) is 13.9. The summed E-state index contributed by atoms with van der Waals surface area (Å²) in [7, 11) is 0. The Morgan fingerprint density at radius 3 is 3.10 bits per heavy atom. The monoisotopic (exact) mass is 159 g/mol. The van der Waals surface area contributed by atoms with E-state index in [2.05, 4.69) is 20.6 Å². The van der Waals surface area contributed by atoms with Crippen LogP contribution in [-0.4, -0.2) is 32.4 Å². The number of hydrogen-bond acceptors (Lipinski definition) is 5. The van der Waals surface area contributed by atoms with E-state index < -0.39 is 0 Å². The number of thioether (sulfide) groups is 1. The van der Waals surface area contributed by atoms with E-state index >= 15 is 0 Å². The second-order valence-electron chi connectivity index (χ2n) is 1.98. The highest BCUT2D eigenvalue weighted by Gasteiger charge is 1.99. The summed E-state index contributed by atoms with van der Waals surface area (Å²) in [5.74, 6) is 0.819. The third-order valence-electron chi connectivity index (χ3n) is 0.801. The van der Waals surface area contributed by atoms with Gasteiger partial charge in [-0.1, -0.05) is 11.8 Å². The largest absolute Gasteiger partial charge is 0.327 e. The number of tetrazole rings is 1. The van der Waals surface area contributed by atoms with Gasteiger partial charge in [0.05, 0.1) is 0 Å².